The highest BCUT2D eigenvalue weighted by Gasteiger charge is 2.31. The average molecular weight is 492 g/mol. The van der Waals surface area contributed by atoms with Gasteiger partial charge < -0.3 is 10.2 Å². The molecule has 34 heavy (non-hydrogen) atoms. The Hall–Kier alpha value is -2.94. The summed E-state index contributed by atoms with van der Waals surface area (Å²) in [6.07, 6.45) is 3.05. The van der Waals surface area contributed by atoms with Crippen molar-refractivity contribution >= 4 is 27.5 Å². The molecule has 2 amide bonds. The number of anilines is 1. The van der Waals surface area contributed by atoms with Crippen LogP contribution in [0.3, 0.4) is 0 Å². The summed E-state index contributed by atoms with van der Waals surface area (Å²) in [5, 5.41) is 2.87. The molecule has 0 aromatic heterocycles. The standard InChI is InChI=1S/C25H34FN3O4S/c1-5-7-15-27-25(31)23(6-2)28(17-20-13-11-19(3)12-14-20)24(30)18-29(34(4,32)33)22-10-8-9-21(26)16-22/h8-14,16,23H,5-7,15,17-18H2,1-4H3,(H,27,31). The van der Waals surface area contributed by atoms with E-state index >= 15 is 0 Å². The summed E-state index contributed by atoms with van der Waals surface area (Å²) in [4.78, 5) is 27.9. The number of carbonyl (C=O) groups excluding carboxylic acids is 2. The third kappa shape index (κ3) is 7.83. The first-order valence-electron chi connectivity index (χ1n) is 11.4. The summed E-state index contributed by atoms with van der Waals surface area (Å²) in [6, 6.07) is 11.9. The Balaban J connectivity index is 2.39. The van der Waals surface area contributed by atoms with Crippen molar-refractivity contribution in [2.45, 2.75) is 52.6 Å². The number of nitrogens with zero attached hydrogens (tertiary/aromatic N) is 2. The molecule has 9 heteroatoms. The second-order valence-electron chi connectivity index (χ2n) is 8.33. The number of halogens is 1. The van der Waals surface area contributed by atoms with Crippen LogP contribution >= 0.6 is 0 Å². The minimum absolute atomic E-state index is 0.0478. The van der Waals surface area contributed by atoms with Gasteiger partial charge in [0.25, 0.3) is 0 Å². The van der Waals surface area contributed by atoms with Crippen LogP contribution in [-0.4, -0.2) is 50.5 Å². The van der Waals surface area contributed by atoms with Crippen LogP contribution in [0.5, 0.6) is 0 Å². The number of rotatable bonds is 12. The van der Waals surface area contributed by atoms with E-state index in [0.717, 1.165) is 40.6 Å². The normalized spacial score (nSPS) is 12.1. The van der Waals surface area contributed by atoms with E-state index in [1.54, 1.807) is 6.92 Å². The van der Waals surface area contributed by atoms with Crippen LogP contribution in [-0.2, 0) is 26.2 Å². The van der Waals surface area contributed by atoms with Gasteiger partial charge in [-0.1, -0.05) is 56.2 Å². The molecule has 1 atom stereocenters. The van der Waals surface area contributed by atoms with Gasteiger partial charge >= 0.3 is 0 Å². The lowest BCUT2D eigenvalue weighted by Crippen LogP contribution is -2.52. The fourth-order valence-corrected chi connectivity index (χ4v) is 4.40. The van der Waals surface area contributed by atoms with Gasteiger partial charge in [0, 0.05) is 13.1 Å². The zero-order valence-electron chi connectivity index (χ0n) is 20.3. The van der Waals surface area contributed by atoms with E-state index in [2.05, 4.69) is 5.32 Å². The summed E-state index contributed by atoms with van der Waals surface area (Å²) >= 11 is 0. The van der Waals surface area contributed by atoms with Crippen molar-refractivity contribution in [3.05, 3.63) is 65.5 Å². The average Bonchev–Trinajstić information content (AvgIpc) is 2.78. The maximum atomic E-state index is 13.8. The molecule has 2 aromatic carbocycles. The van der Waals surface area contributed by atoms with Gasteiger partial charge in [-0.05, 0) is 43.5 Å². The third-order valence-electron chi connectivity index (χ3n) is 5.46. The van der Waals surface area contributed by atoms with Crippen LogP contribution in [0, 0.1) is 12.7 Å². The first kappa shape index (κ1) is 27.3. The Labute approximate surface area is 202 Å². The first-order valence-corrected chi connectivity index (χ1v) is 13.3. The Bertz CT molecular complexity index is 1070. The number of sulfonamides is 1. The zero-order valence-corrected chi connectivity index (χ0v) is 21.1. The molecule has 186 valence electrons. The Morgan fingerprint density at radius 2 is 1.76 bits per heavy atom. The number of hydrogen-bond acceptors (Lipinski definition) is 4. The van der Waals surface area contributed by atoms with E-state index in [9.17, 15) is 22.4 Å². The van der Waals surface area contributed by atoms with Crippen molar-refractivity contribution in [3.63, 3.8) is 0 Å². The highest BCUT2D eigenvalue weighted by molar-refractivity contribution is 7.92. The van der Waals surface area contributed by atoms with E-state index in [4.69, 9.17) is 0 Å². The topological polar surface area (TPSA) is 86.8 Å². The van der Waals surface area contributed by atoms with E-state index in [1.807, 2.05) is 38.1 Å². The minimum Gasteiger partial charge on any atom is -0.354 e. The molecule has 0 saturated carbocycles. The van der Waals surface area contributed by atoms with E-state index in [0.29, 0.717) is 13.0 Å². The van der Waals surface area contributed by atoms with Crippen LogP contribution in [0.1, 0.15) is 44.2 Å². The smallest absolute Gasteiger partial charge is 0.244 e. The number of amides is 2. The molecule has 0 fully saturated rings. The number of carbonyl (C=O) groups is 2. The molecule has 0 bridgehead atoms. The molecular formula is C25H34FN3O4S. The van der Waals surface area contributed by atoms with Gasteiger partial charge in [0.1, 0.15) is 18.4 Å². The minimum atomic E-state index is -3.89. The summed E-state index contributed by atoms with van der Waals surface area (Å²) < 4.78 is 39.7. The summed E-state index contributed by atoms with van der Waals surface area (Å²) in [5.41, 5.74) is 1.92. The van der Waals surface area contributed by atoms with Crippen LogP contribution in [0.25, 0.3) is 0 Å². The lowest BCUT2D eigenvalue weighted by Gasteiger charge is -2.33. The Kier molecular flexibility index (Phi) is 10.0. The van der Waals surface area contributed by atoms with Crippen LogP contribution in [0.15, 0.2) is 48.5 Å². The number of nitrogens with one attached hydrogen (secondary N) is 1. The fraction of sp³-hybridized carbons (Fsp3) is 0.440. The SMILES string of the molecule is CCCCNC(=O)C(CC)N(Cc1ccc(C)cc1)C(=O)CN(c1cccc(F)c1)S(C)(=O)=O. The summed E-state index contributed by atoms with van der Waals surface area (Å²) in [6.45, 7) is 5.86. The summed E-state index contributed by atoms with van der Waals surface area (Å²) in [7, 11) is -3.89. The molecule has 0 aliphatic carbocycles. The molecule has 0 radical (unpaired) electrons. The predicted octanol–water partition coefficient (Wildman–Crippen LogP) is 3.62. The number of benzene rings is 2. The molecule has 0 heterocycles. The highest BCUT2D eigenvalue weighted by atomic mass is 32.2. The largest absolute Gasteiger partial charge is 0.354 e. The first-order chi connectivity index (χ1) is 16.1. The highest BCUT2D eigenvalue weighted by Crippen LogP contribution is 2.20. The Morgan fingerprint density at radius 1 is 1.09 bits per heavy atom. The van der Waals surface area contributed by atoms with Crippen molar-refractivity contribution in [2.75, 3.05) is 23.7 Å². The second-order valence-corrected chi connectivity index (χ2v) is 10.2. The predicted molar refractivity (Wildman–Crippen MR) is 132 cm³/mol. The van der Waals surface area contributed by atoms with Crippen molar-refractivity contribution in [1.82, 2.24) is 10.2 Å². The van der Waals surface area contributed by atoms with Crippen LogP contribution < -0.4 is 9.62 Å². The van der Waals surface area contributed by atoms with Gasteiger partial charge in [0.15, 0.2) is 0 Å². The monoisotopic (exact) mass is 491 g/mol. The number of hydrogen-bond donors (Lipinski definition) is 1. The van der Waals surface area contributed by atoms with Crippen molar-refractivity contribution < 1.29 is 22.4 Å². The van der Waals surface area contributed by atoms with E-state index in [-0.39, 0.29) is 18.1 Å². The van der Waals surface area contributed by atoms with Gasteiger partial charge in [-0.2, -0.15) is 0 Å². The van der Waals surface area contributed by atoms with Crippen molar-refractivity contribution in [3.8, 4) is 0 Å². The molecule has 0 saturated heterocycles. The van der Waals surface area contributed by atoms with Crippen LogP contribution in [0.4, 0.5) is 10.1 Å². The fourth-order valence-electron chi connectivity index (χ4n) is 3.56. The van der Waals surface area contributed by atoms with Gasteiger partial charge in [0.05, 0.1) is 11.9 Å². The Morgan fingerprint density at radius 3 is 2.32 bits per heavy atom. The molecule has 7 nitrogen and oxygen atoms in total. The van der Waals surface area contributed by atoms with Crippen LogP contribution in [0.2, 0.25) is 0 Å². The number of aryl methyl sites for hydroxylation is 1. The number of unbranched alkanes of at least 4 members (excludes halogenated alkanes) is 1. The second kappa shape index (κ2) is 12.5. The molecule has 0 aliphatic rings. The van der Waals surface area contributed by atoms with Gasteiger partial charge in [0.2, 0.25) is 21.8 Å². The lowest BCUT2D eigenvalue weighted by molar-refractivity contribution is -0.140. The maximum absolute atomic E-state index is 13.8. The molecule has 2 rings (SSSR count). The zero-order chi connectivity index (χ0) is 25.3. The van der Waals surface area contributed by atoms with Crippen molar-refractivity contribution in [1.29, 1.82) is 0 Å². The third-order valence-corrected chi connectivity index (χ3v) is 6.60. The molecule has 0 spiro atoms. The quantitative estimate of drug-likeness (QED) is 0.460. The van der Waals surface area contributed by atoms with Gasteiger partial charge in [-0.15, -0.1) is 0 Å². The molecule has 1 N–H and O–H groups in total. The van der Waals surface area contributed by atoms with E-state index < -0.39 is 34.3 Å². The summed E-state index contributed by atoms with van der Waals surface area (Å²) in [5.74, 6) is -1.45. The van der Waals surface area contributed by atoms with E-state index in [1.165, 1.54) is 23.1 Å². The molecule has 1 unspecified atom stereocenters. The lowest BCUT2D eigenvalue weighted by atomic mass is 10.1. The molecule has 0 aliphatic heterocycles. The van der Waals surface area contributed by atoms with Gasteiger partial charge in [-0.25, -0.2) is 12.8 Å². The van der Waals surface area contributed by atoms with Gasteiger partial charge in [-0.3, -0.25) is 13.9 Å². The van der Waals surface area contributed by atoms with Crippen molar-refractivity contribution in [2.24, 2.45) is 0 Å². The molecular weight excluding hydrogens is 457 g/mol. The maximum Gasteiger partial charge on any atom is 0.244 e. The molecule has 2 aromatic rings.